The first-order valence-corrected chi connectivity index (χ1v) is 15.8. The number of nitrogens with zero attached hydrogens (tertiary/aromatic N) is 2. The minimum absolute atomic E-state index is 0.0570. The van der Waals surface area contributed by atoms with Crippen LogP contribution in [0.2, 0.25) is 10.0 Å². The largest absolute Gasteiger partial charge is 0.354 e. The van der Waals surface area contributed by atoms with Gasteiger partial charge in [-0.15, -0.1) is 0 Å². The maximum absolute atomic E-state index is 14.1. The molecule has 1 atom stereocenters. The summed E-state index contributed by atoms with van der Waals surface area (Å²) in [6.07, 6.45) is 2.00. The highest BCUT2D eigenvalue weighted by molar-refractivity contribution is 7.92. The van der Waals surface area contributed by atoms with Crippen molar-refractivity contribution in [3.05, 3.63) is 93.5 Å². The molecule has 0 fully saturated rings. The maximum Gasteiger partial charge on any atom is 0.264 e. The van der Waals surface area contributed by atoms with Crippen molar-refractivity contribution in [3.8, 4) is 0 Å². The number of carbonyl (C=O) groups excluding carboxylic acids is 2. The molecule has 0 spiro atoms. The molecule has 3 aromatic rings. The van der Waals surface area contributed by atoms with Crippen molar-refractivity contribution in [2.24, 2.45) is 0 Å². The Morgan fingerprint density at radius 3 is 1.98 bits per heavy atom. The van der Waals surface area contributed by atoms with E-state index in [2.05, 4.69) is 5.32 Å². The van der Waals surface area contributed by atoms with Crippen LogP contribution in [0.5, 0.6) is 0 Å². The van der Waals surface area contributed by atoms with Gasteiger partial charge in [-0.1, -0.05) is 84.9 Å². The summed E-state index contributed by atoms with van der Waals surface area (Å²) in [6, 6.07) is 17.5. The average molecular weight is 619 g/mol. The normalized spacial score (nSPS) is 12.0. The van der Waals surface area contributed by atoms with E-state index in [9.17, 15) is 18.0 Å². The topological polar surface area (TPSA) is 86.8 Å². The number of amides is 2. The van der Waals surface area contributed by atoms with E-state index in [-0.39, 0.29) is 17.3 Å². The highest BCUT2D eigenvalue weighted by atomic mass is 35.5. The Hall–Kier alpha value is -3.07. The fraction of sp³-hybridized carbons (Fsp3) is 0.355. The molecule has 41 heavy (non-hydrogen) atoms. The first-order chi connectivity index (χ1) is 19.5. The van der Waals surface area contributed by atoms with Crippen LogP contribution in [-0.2, 0) is 26.2 Å². The molecule has 0 radical (unpaired) electrons. The van der Waals surface area contributed by atoms with Gasteiger partial charge in [-0.2, -0.15) is 0 Å². The minimum atomic E-state index is -4.14. The molecule has 0 saturated heterocycles. The summed E-state index contributed by atoms with van der Waals surface area (Å²) in [6.45, 7) is 7.46. The van der Waals surface area contributed by atoms with Gasteiger partial charge < -0.3 is 10.2 Å². The van der Waals surface area contributed by atoms with Gasteiger partial charge in [0.2, 0.25) is 11.8 Å². The number of anilines is 1. The van der Waals surface area contributed by atoms with Crippen LogP contribution in [0.15, 0.2) is 71.6 Å². The molecule has 10 heteroatoms. The van der Waals surface area contributed by atoms with Crippen molar-refractivity contribution >= 4 is 50.7 Å². The van der Waals surface area contributed by atoms with Crippen LogP contribution in [-0.4, -0.2) is 44.3 Å². The molecular weight excluding hydrogens is 581 g/mol. The molecule has 0 saturated carbocycles. The Morgan fingerprint density at radius 1 is 0.878 bits per heavy atom. The van der Waals surface area contributed by atoms with E-state index in [4.69, 9.17) is 23.2 Å². The van der Waals surface area contributed by atoms with Gasteiger partial charge in [0.1, 0.15) is 12.6 Å². The lowest BCUT2D eigenvalue weighted by Gasteiger charge is -2.33. The van der Waals surface area contributed by atoms with E-state index < -0.39 is 28.5 Å². The quantitative estimate of drug-likeness (QED) is 0.221. The first kappa shape index (κ1) is 32.4. The number of hydrogen-bond donors (Lipinski definition) is 1. The molecule has 0 aliphatic heterocycles. The van der Waals surface area contributed by atoms with Crippen LogP contribution in [0, 0.1) is 13.8 Å². The highest BCUT2D eigenvalue weighted by Crippen LogP contribution is 2.29. The van der Waals surface area contributed by atoms with Crippen molar-refractivity contribution in [1.29, 1.82) is 0 Å². The number of sulfonamides is 1. The van der Waals surface area contributed by atoms with E-state index in [0.717, 1.165) is 28.3 Å². The first-order valence-electron chi connectivity index (χ1n) is 13.7. The summed E-state index contributed by atoms with van der Waals surface area (Å²) in [5.74, 6) is -0.879. The SMILES string of the molecule is CCCCNC(=O)[C@H](CC)N(Cc1c(Cl)cccc1Cl)C(=O)CN(c1ccc(C)cc1)S(=O)(=O)c1ccc(C)cc1. The summed E-state index contributed by atoms with van der Waals surface area (Å²) < 4.78 is 29.0. The standard InChI is InChI=1S/C31H37Cl2N3O4S/c1-5-7-19-34-31(38)29(6-2)35(20-26-27(32)9-8-10-28(26)33)30(37)21-36(24-15-11-22(3)12-16-24)41(39,40)25-17-13-23(4)14-18-25/h8-18,29H,5-7,19-21H2,1-4H3,(H,34,38)/t29-/m0/s1. The zero-order chi connectivity index (χ0) is 30.2. The molecule has 2 amide bonds. The van der Waals surface area contributed by atoms with E-state index in [1.165, 1.54) is 17.0 Å². The number of halogens is 2. The smallest absolute Gasteiger partial charge is 0.264 e. The van der Waals surface area contributed by atoms with Gasteiger partial charge in [-0.3, -0.25) is 13.9 Å². The zero-order valence-corrected chi connectivity index (χ0v) is 26.2. The van der Waals surface area contributed by atoms with Crippen LogP contribution < -0.4 is 9.62 Å². The zero-order valence-electron chi connectivity index (χ0n) is 23.9. The predicted octanol–water partition coefficient (Wildman–Crippen LogP) is 6.53. The van der Waals surface area contributed by atoms with Crippen molar-refractivity contribution in [1.82, 2.24) is 10.2 Å². The summed E-state index contributed by atoms with van der Waals surface area (Å²) in [5, 5.41) is 3.60. The molecular formula is C31H37Cl2N3O4S. The van der Waals surface area contributed by atoms with E-state index in [0.29, 0.717) is 34.3 Å². The highest BCUT2D eigenvalue weighted by Gasteiger charge is 2.34. The van der Waals surface area contributed by atoms with Crippen LogP contribution in [0.4, 0.5) is 5.69 Å². The van der Waals surface area contributed by atoms with Gasteiger partial charge in [0.05, 0.1) is 10.6 Å². The van der Waals surface area contributed by atoms with Crippen LogP contribution in [0.25, 0.3) is 0 Å². The van der Waals surface area contributed by atoms with Crippen molar-refractivity contribution in [2.45, 2.75) is 64.4 Å². The predicted molar refractivity (Wildman–Crippen MR) is 166 cm³/mol. The van der Waals surface area contributed by atoms with Crippen molar-refractivity contribution in [3.63, 3.8) is 0 Å². The summed E-state index contributed by atoms with van der Waals surface area (Å²) in [7, 11) is -4.14. The summed E-state index contributed by atoms with van der Waals surface area (Å²) in [4.78, 5) is 28.9. The van der Waals surface area contributed by atoms with Crippen LogP contribution in [0.3, 0.4) is 0 Å². The Balaban J connectivity index is 2.07. The number of carbonyl (C=O) groups is 2. The van der Waals surface area contributed by atoms with Crippen LogP contribution >= 0.6 is 23.2 Å². The number of rotatable bonds is 13. The van der Waals surface area contributed by atoms with E-state index >= 15 is 0 Å². The molecule has 0 aromatic heterocycles. The molecule has 1 N–H and O–H groups in total. The summed E-state index contributed by atoms with van der Waals surface area (Å²) in [5.41, 5.74) is 2.66. The van der Waals surface area contributed by atoms with Gasteiger partial charge >= 0.3 is 0 Å². The fourth-order valence-corrected chi connectivity index (χ4v) is 6.29. The lowest BCUT2D eigenvalue weighted by molar-refractivity contribution is -0.140. The molecule has 0 heterocycles. The molecule has 0 unspecified atom stereocenters. The Labute approximate surface area is 253 Å². The molecule has 0 aliphatic carbocycles. The molecule has 0 bridgehead atoms. The van der Waals surface area contributed by atoms with Gasteiger partial charge in [-0.25, -0.2) is 8.42 Å². The summed E-state index contributed by atoms with van der Waals surface area (Å²) >= 11 is 12.9. The second kappa shape index (κ2) is 14.7. The Morgan fingerprint density at radius 2 is 1.44 bits per heavy atom. The van der Waals surface area contributed by atoms with E-state index in [1.54, 1.807) is 61.5 Å². The number of hydrogen-bond acceptors (Lipinski definition) is 4. The third kappa shape index (κ3) is 8.24. The second-order valence-corrected chi connectivity index (χ2v) is 12.6. The van der Waals surface area contributed by atoms with Gasteiger partial charge in [0.15, 0.2) is 0 Å². The van der Waals surface area contributed by atoms with Gasteiger partial charge in [-0.05, 0) is 63.1 Å². The monoisotopic (exact) mass is 617 g/mol. The fourth-order valence-electron chi connectivity index (χ4n) is 4.36. The Bertz CT molecular complexity index is 1420. The molecule has 3 rings (SSSR count). The molecule has 7 nitrogen and oxygen atoms in total. The molecule has 0 aliphatic rings. The van der Waals surface area contributed by atoms with Crippen LogP contribution in [0.1, 0.15) is 49.8 Å². The molecule has 220 valence electrons. The number of benzene rings is 3. The number of unbranched alkanes of at least 4 members (excludes halogenated alkanes) is 1. The van der Waals surface area contributed by atoms with Gasteiger partial charge in [0, 0.05) is 28.7 Å². The third-order valence-electron chi connectivity index (χ3n) is 6.82. The molecule has 3 aromatic carbocycles. The Kier molecular flexibility index (Phi) is 11.6. The van der Waals surface area contributed by atoms with Gasteiger partial charge in [0.25, 0.3) is 10.0 Å². The minimum Gasteiger partial charge on any atom is -0.354 e. The number of aryl methyl sites for hydroxylation is 2. The average Bonchev–Trinajstić information content (AvgIpc) is 2.94. The number of nitrogens with one attached hydrogen (secondary N) is 1. The van der Waals surface area contributed by atoms with Crippen molar-refractivity contribution in [2.75, 3.05) is 17.4 Å². The second-order valence-electron chi connectivity index (χ2n) is 9.95. The lowest BCUT2D eigenvalue weighted by atomic mass is 10.1. The maximum atomic E-state index is 14.1. The lowest BCUT2D eigenvalue weighted by Crippen LogP contribution is -2.52. The van der Waals surface area contributed by atoms with E-state index in [1.807, 2.05) is 20.8 Å². The third-order valence-corrected chi connectivity index (χ3v) is 9.31. The van der Waals surface area contributed by atoms with Crippen molar-refractivity contribution < 1.29 is 18.0 Å².